The van der Waals surface area contributed by atoms with Crippen LogP contribution in [0.5, 0.6) is 5.75 Å². The number of unbranched alkanes of at least 4 members (excludes halogenated alkanes) is 1. The van der Waals surface area contributed by atoms with Crippen LogP contribution in [-0.4, -0.2) is 46.1 Å². The molecule has 0 aliphatic carbocycles. The number of benzene rings is 2. The second kappa shape index (κ2) is 16.3. The average molecular weight is 593 g/mol. The fourth-order valence-corrected chi connectivity index (χ4v) is 5.28. The summed E-state index contributed by atoms with van der Waals surface area (Å²) in [6.45, 7) is 4.52. The first-order chi connectivity index (χ1) is 20.6. The predicted octanol–water partition coefficient (Wildman–Crippen LogP) is 2.28. The van der Waals surface area contributed by atoms with E-state index in [0.717, 1.165) is 35.1 Å². The van der Waals surface area contributed by atoms with Crippen molar-refractivity contribution in [1.82, 2.24) is 15.5 Å². The quantitative estimate of drug-likeness (QED) is 0.0767. The van der Waals surface area contributed by atoms with Crippen molar-refractivity contribution in [3.05, 3.63) is 76.4 Å². The van der Waals surface area contributed by atoms with Gasteiger partial charge in [-0.05, 0) is 93.3 Å². The predicted molar refractivity (Wildman–Crippen MR) is 165 cm³/mol. The number of aromatic nitrogens is 2. The second-order valence-electron chi connectivity index (χ2n) is 10.9. The lowest BCUT2D eigenvalue weighted by atomic mass is 9.80. The summed E-state index contributed by atoms with van der Waals surface area (Å²) in [6, 6.07) is 12.5. The summed E-state index contributed by atoms with van der Waals surface area (Å²) in [7, 11) is 0. The maximum atomic E-state index is 14.1. The molecule has 0 bridgehead atoms. The number of amides is 2. The summed E-state index contributed by atoms with van der Waals surface area (Å²) in [6.07, 6.45) is 3.46. The van der Waals surface area contributed by atoms with Crippen LogP contribution in [0.4, 0.5) is 0 Å². The van der Waals surface area contributed by atoms with Crippen molar-refractivity contribution in [1.29, 1.82) is 0 Å². The van der Waals surface area contributed by atoms with Gasteiger partial charge in [0.15, 0.2) is 11.8 Å². The number of guanidine groups is 1. The fraction of sp³-hybridized carbons (Fsp3) is 0.452. The minimum atomic E-state index is -0.817. The first-order valence-electron chi connectivity index (χ1n) is 14.6. The number of hydrogen-bond donors (Lipinski definition) is 6. The highest BCUT2D eigenvalue weighted by atomic mass is 16.5. The minimum Gasteiger partial charge on any atom is -0.508 e. The van der Waals surface area contributed by atoms with Crippen LogP contribution in [0.1, 0.15) is 72.1 Å². The Morgan fingerprint density at radius 3 is 2.33 bits per heavy atom. The van der Waals surface area contributed by atoms with Crippen molar-refractivity contribution in [2.75, 3.05) is 13.1 Å². The molecule has 0 radical (unpaired) electrons. The molecule has 1 aromatic heterocycles. The smallest absolute Gasteiger partial charge is 0.249 e. The third kappa shape index (κ3) is 10.1. The monoisotopic (exact) mass is 592 g/mol. The lowest BCUT2D eigenvalue weighted by Gasteiger charge is -2.27. The van der Waals surface area contributed by atoms with Crippen LogP contribution in [0.25, 0.3) is 0 Å². The molecule has 43 heavy (non-hydrogen) atoms. The maximum Gasteiger partial charge on any atom is 0.249 e. The van der Waals surface area contributed by atoms with Gasteiger partial charge in [0.05, 0.1) is 5.92 Å². The third-order valence-corrected chi connectivity index (χ3v) is 7.51. The van der Waals surface area contributed by atoms with E-state index < -0.39 is 23.8 Å². The van der Waals surface area contributed by atoms with Crippen molar-refractivity contribution in [2.45, 2.75) is 64.8 Å². The van der Waals surface area contributed by atoms with Crippen molar-refractivity contribution < 1.29 is 19.2 Å². The average Bonchev–Trinajstić information content (AvgIpc) is 3.41. The normalized spacial score (nSPS) is 13.2. The number of aryl methyl sites for hydroxylation is 2. The van der Waals surface area contributed by atoms with Crippen LogP contribution in [0, 0.1) is 25.7 Å². The van der Waals surface area contributed by atoms with Gasteiger partial charge in [0.1, 0.15) is 11.8 Å². The largest absolute Gasteiger partial charge is 0.508 e. The van der Waals surface area contributed by atoms with Gasteiger partial charge in [-0.25, -0.2) is 0 Å². The van der Waals surface area contributed by atoms with E-state index in [-0.39, 0.29) is 29.9 Å². The van der Waals surface area contributed by atoms with Gasteiger partial charge < -0.3 is 37.9 Å². The van der Waals surface area contributed by atoms with Gasteiger partial charge in [-0.2, -0.15) is 4.98 Å². The number of carbonyl (C=O) groups is 2. The maximum absolute atomic E-state index is 14.1. The molecule has 0 saturated carbocycles. The number of primary amides is 1. The second-order valence-corrected chi connectivity index (χ2v) is 10.9. The summed E-state index contributed by atoms with van der Waals surface area (Å²) >= 11 is 0. The van der Waals surface area contributed by atoms with Gasteiger partial charge in [-0.3, -0.25) is 14.6 Å². The lowest BCUT2D eigenvalue weighted by molar-refractivity contribution is -0.134. The van der Waals surface area contributed by atoms with Crippen molar-refractivity contribution in [3.63, 3.8) is 0 Å². The summed E-state index contributed by atoms with van der Waals surface area (Å²) in [5, 5.41) is 17.3. The molecule has 12 heteroatoms. The molecule has 0 aliphatic heterocycles. The minimum absolute atomic E-state index is 0.0493. The Morgan fingerprint density at radius 2 is 1.70 bits per heavy atom. The third-order valence-electron chi connectivity index (χ3n) is 7.51. The Hall–Kier alpha value is -4.45. The number of aromatic hydroxyl groups is 1. The number of aliphatic imine (C=N–C) groups is 1. The molecule has 3 aromatic rings. The van der Waals surface area contributed by atoms with Crippen LogP contribution in [0.15, 0.2) is 52.0 Å². The van der Waals surface area contributed by atoms with E-state index in [1.54, 1.807) is 12.1 Å². The molecule has 0 fully saturated rings. The first-order valence-corrected chi connectivity index (χ1v) is 14.6. The molecular formula is C31H44N8O4. The van der Waals surface area contributed by atoms with Gasteiger partial charge >= 0.3 is 0 Å². The molecule has 3 rings (SSSR count). The van der Waals surface area contributed by atoms with Gasteiger partial charge in [0.25, 0.3) is 0 Å². The summed E-state index contributed by atoms with van der Waals surface area (Å²) in [5.41, 5.74) is 26.0. The zero-order valence-corrected chi connectivity index (χ0v) is 25.0. The van der Waals surface area contributed by atoms with Gasteiger partial charge in [0.2, 0.25) is 17.7 Å². The van der Waals surface area contributed by atoms with E-state index >= 15 is 0 Å². The highest BCUT2D eigenvalue weighted by Gasteiger charge is 2.35. The zero-order chi connectivity index (χ0) is 31.4. The molecule has 1 unspecified atom stereocenters. The van der Waals surface area contributed by atoms with E-state index in [0.29, 0.717) is 44.6 Å². The lowest BCUT2D eigenvalue weighted by Crippen LogP contribution is -2.43. The molecule has 0 saturated heterocycles. The molecule has 1 heterocycles. The Balaban J connectivity index is 1.91. The SMILES string of the molecule is Cc1cc(O)cc(C)c1C[C@@H](C(=O)N[C@H](CCCCN)c1nc(Cc2ccccc2)no1)C(CCCN=C(N)N)C(N)=O. The number of nitrogens with two attached hydrogens (primary N) is 4. The van der Waals surface area contributed by atoms with Crippen LogP contribution >= 0.6 is 0 Å². The number of nitrogens with one attached hydrogen (secondary N) is 1. The Labute approximate surface area is 252 Å². The number of rotatable bonds is 17. The summed E-state index contributed by atoms with van der Waals surface area (Å²) in [4.78, 5) is 35.5. The highest BCUT2D eigenvalue weighted by Crippen LogP contribution is 2.30. The van der Waals surface area contributed by atoms with E-state index in [1.807, 2.05) is 44.2 Å². The van der Waals surface area contributed by atoms with Gasteiger partial charge in [-0.1, -0.05) is 35.5 Å². The van der Waals surface area contributed by atoms with E-state index in [4.69, 9.17) is 27.5 Å². The molecule has 0 spiro atoms. The van der Waals surface area contributed by atoms with Crippen LogP contribution in [0.3, 0.4) is 0 Å². The number of nitrogens with zero attached hydrogens (tertiary/aromatic N) is 3. The van der Waals surface area contributed by atoms with Crippen molar-refractivity contribution in [2.24, 2.45) is 39.8 Å². The van der Waals surface area contributed by atoms with E-state index in [9.17, 15) is 14.7 Å². The van der Waals surface area contributed by atoms with Crippen molar-refractivity contribution >= 4 is 17.8 Å². The topological polar surface area (TPSA) is 222 Å². The van der Waals surface area contributed by atoms with Crippen molar-refractivity contribution in [3.8, 4) is 5.75 Å². The molecule has 2 aromatic carbocycles. The van der Waals surface area contributed by atoms with E-state index in [1.165, 1.54) is 0 Å². The Kier molecular flexibility index (Phi) is 12.5. The zero-order valence-electron chi connectivity index (χ0n) is 25.0. The standard InChI is InChI=1S/C31H44N8O4/c1-19-15-22(40)16-20(2)24(19)18-25(23(28(33)41)11-8-14-36-31(34)35)29(42)37-26(12-6-7-13-32)30-38-27(39-43-30)17-21-9-4-3-5-10-21/h3-5,9-10,15-16,23,25-26,40H,6-8,11-14,17-18,32H2,1-2H3,(H2,33,41)(H,37,42)(H4,34,35,36)/t23?,25-,26-/m1/s1. The molecule has 2 amide bonds. The van der Waals surface area contributed by atoms with Gasteiger partial charge in [0, 0.05) is 18.9 Å². The summed E-state index contributed by atoms with van der Waals surface area (Å²) in [5.74, 6) is -1.71. The van der Waals surface area contributed by atoms with E-state index in [2.05, 4.69) is 20.4 Å². The number of phenolic OH excluding ortho intramolecular Hbond substituents is 1. The molecule has 232 valence electrons. The molecule has 0 aliphatic rings. The Morgan fingerprint density at radius 1 is 1.00 bits per heavy atom. The number of carbonyl (C=O) groups excluding carboxylic acids is 2. The van der Waals surface area contributed by atoms with Crippen LogP contribution in [-0.2, 0) is 22.4 Å². The molecule has 12 nitrogen and oxygen atoms in total. The molecule has 3 atom stereocenters. The molecular weight excluding hydrogens is 548 g/mol. The van der Waals surface area contributed by atoms with Gasteiger partial charge in [-0.15, -0.1) is 0 Å². The number of phenols is 1. The highest BCUT2D eigenvalue weighted by molar-refractivity contribution is 5.87. The van der Waals surface area contributed by atoms with Crippen LogP contribution < -0.4 is 28.3 Å². The molecule has 10 N–H and O–H groups in total. The fourth-order valence-electron chi connectivity index (χ4n) is 5.28. The Bertz CT molecular complexity index is 1350. The van der Waals surface area contributed by atoms with Crippen LogP contribution in [0.2, 0.25) is 0 Å². The number of hydrogen-bond acceptors (Lipinski definition) is 8. The summed E-state index contributed by atoms with van der Waals surface area (Å²) < 4.78 is 5.62. The first kappa shape index (κ1) is 33.1.